The topological polar surface area (TPSA) is 72.0 Å². The van der Waals surface area contributed by atoms with Crippen molar-refractivity contribution < 1.29 is 8.42 Å². The highest BCUT2D eigenvalue weighted by atomic mass is 32.2. The first-order valence-electron chi connectivity index (χ1n) is 7.49. The Morgan fingerprint density at radius 1 is 1.21 bits per heavy atom. The number of aromatic nitrogens is 2. The molecule has 0 aliphatic rings. The Morgan fingerprint density at radius 2 is 2.00 bits per heavy atom. The first-order valence-corrected chi connectivity index (χ1v) is 10.9. The molecule has 0 fully saturated rings. The molecule has 0 saturated heterocycles. The molecule has 0 atom stereocenters. The Kier molecular flexibility index (Phi) is 5.50. The maximum atomic E-state index is 11.4. The van der Waals surface area contributed by atoms with Gasteiger partial charge in [0.2, 0.25) is 10.0 Å². The van der Waals surface area contributed by atoms with E-state index < -0.39 is 10.0 Å². The van der Waals surface area contributed by atoms with Crippen molar-refractivity contribution in [3.8, 4) is 10.4 Å². The molecule has 2 heterocycles. The molecule has 0 amide bonds. The van der Waals surface area contributed by atoms with Crippen LogP contribution in [0.2, 0.25) is 0 Å². The van der Waals surface area contributed by atoms with Gasteiger partial charge in [0.1, 0.15) is 16.2 Å². The maximum absolute atomic E-state index is 11.4. The van der Waals surface area contributed by atoms with Crippen LogP contribution < -0.4 is 4.72 Å². The number of thiophene rings is 1. The first-order chi connectivity index (χ1) is 11.6. The van der Waals surface area contributed by atoms with E-state index in [0.29, 0.717) is 12.3 Å². The Labute approximate surface area is 149 Å². The van der Waals surface area contributed by atoms with Crippen LogP contribution in [-0.2, 0) is 10.0 Å². The van der Waals surface area contributed by atoms with Gasteiger partial charge in [-0.2, -0.15) is 0 Å². The normalized spacial score (nSPS) is 11.9. The standard InChI is InChI=1S/C16H17N3O2S3/c1-2-24(20,21)19-8-9-22-15-13-10-14(12-6-4-3-5-7-12)23-16(13)18-11-17-15/h3-7,10-11,19H,2,8-9H2,1H3. The molecule has 8 heteroatoms. The van der Waals surface area contributed by atoms with Gasteiger partial charge in [-0.25, -0.2) is 23.1 Å². The lowest BCUT2D eigenvalue weighted by Gasteiger charge is -2.04. The van der Waals surface area contributed by atoms with Gasteiger partial charge < -0.3 is 0 Å². The zero-order valence-electron chi connectivity index (χ0n) is 13.1. The number of hydrogen-bond acceptors (Lipinski definition) is 6. The van der Waals surface area contributed by atoms with E-state index in [1.807, 2.05) is 18.2 Å². The molecule has 5 nitrogen and oxygen atoms in total. The van der Waals surface area contributed by atoms with Gasteiger partial charge in [-0.05, 0) is 18.6 Å². The van der Waals surface area contributed by atoms with E-state index in [-0.39, 0.29) is 5.75 Å². The summed E-state index contributed by atoms with van der Waals surface area (Å²) in [7, 11) is -3.14. The van der Waals surface area contributed by atoms with Crippen molar-refractivity contribution in [3.05, 3.63) is 42.7 Å². The van der Waals surface area contributed by atoms with Gasteiger partial charge in [0, 0.05) is 22.6 Å². The van der Waals surface area contributed by atoms with Crippen molar-refractivity contribution in [1.29, 1.82) is 0 Å². The van der Waals surface area contributed by atoms with Crippen LogP contribution in [0.25, 0.3) is 20.7 Å². The predicted molar refractivity (Wildman–Crippen MR) is 101 cm³/mol. The highest BCUT2D eigenvalue weighted by Gasteiger charge is 2.11. The predicted octanol–water partition coefficient (Wildman–Crippen LogP) is 3.39. The average Bonchev–Trinajstić information content (AvgIpc) is 3.04. The van der Waals surface area contributed by atoms with Crippen LogP contribution in [0.5, 0.6) is 0 Å². The Hall–Kier alpha value is -1.48. The lowest BCUT2D eigenvalue weighted by atomic mass is 10.2. The molecule has 24 heavy (non-hydrogen) atoms. The van der Waals surface area contributed by atoms with Gasteiger partial charge in [0.15, 0.2) is 0 Å². The van der Waals surface area contributed by atoms with Gasteiger partial charge >= 0.3 is 0 Å². The molecule has 0 radical (unpaired) electrons. The largest absolute Gasteiger partial charge is 0.229 e. The zero-order chi connectivity index (χ0) is 17.0. The minimum Gasteiger partial charge on any atom is -0.229 e. The van der Waals surface area contributed by atoms with Gasteiger partial charge in [-0.15, -0.1) is 23.1 Å². The molecule has 0 aliphatic heterocycles. The number of sulfonamides is 1. The fourth-order valence-electron chi connectivity index (χ4n) is 2.14. The average molecular weight is 380 g/mol. The van der Waals surface area contributed by atoms with Gasteiger partial charge in [0.25, 0.3) is 0 Å². The molecule has 0 unspecified atom stereocenters. The molecule has 2 aromatic heterocycles. The van der Waals surface area contributed by atoms with Crippen LogP contribution in [0.1, 0.15) is 6.92 Å². The quantitative estimate of drug-likeness (QED) is 0.387. The third-order valence-corrected chi connectivity index (χ3v) is 6.90. The zero-order valence-corrected chi connectivity index (χ0v) is 15.5. The number of benzene rings is 1. The molecule has 1 N–H and O–H groups in total. The maximum Gasteiger partial charge on any atom is 0.211 e. The third-order valence-electron chi connectivity index (χ3n) is 3.39. The van der Waals surface area contributed by atoms with E-state index in [0.717, 1.165) is 25.7 Å². The summed E-state index contributed by atoms with van der Waals surface area (Å²) >= 11 is 3.17. The van der Waals surface area contributed by atoms with Crippen LogP contribution >= 0.6 is 23.1 Å². The molecule has 126 valence electrons. The van der Waals surface area contributed by atoms with Crippen molar-refractivity contribution >= 4 is 43.3 Å². The first kappa shape index (κ1) is 17.3. The second-order valence-corrected chi connectivity index (χ2v) is 9.23. The minimum atomic E-state index is -3.14. The van der Waals surface area contributed by atoms with Crippen LogP contribution in [0.3, 0.4) is 0 Å². The summed E-state index contributed by atoms with van der Waals surface area (Å²) in [5.41, 5.74) is 1.16. The van der Waals surface area contributed by atoms with Crippen molar-refractivity contribution in [3.63, 3.8) is 0 Å². The number of hydrogen-bond donors (Lipinski definition) is 1. The van der Waals surface area contributed by atoms with E-state index in [2.05, 4.69) is 32.9 Å². The molecule has 0 saturated carbocycles. The summed E-state index contributed by atoms with van der Waals surface area (Å²) in [5, 5.41) is 1.90. The minimum absolute atomic E-state index is 0.0976. The second kappa shape index (κ2) is 7.60. The van der Waals surface area contributed by atoms with E-state index in [9.17, 15) is 8.42 Å². The van der Waals surface area contributed by atoms with Crippen molar-refractivity contribution in [2.45, 2.75) is 11.9 Å². The van der Waals surface area contributed by atoms with E-state index in [1.54, 1.807) is 24.6 Å². The van der Waals surface area contributed by atoms with Crippen LogP contribution in [0.15, 0.2) is 47.8 Å². The third kappa shape index (κ3) is 4.13. The number of fused-ring (bicyclic) bond motifs is 1. The lowest BCUT2D eigenvalue weighted by molar-refractivity contribution is 0.585. The second-order valence-electron chi connectivity index (χ2n) is 5.02. The molecule has 0 aliphatic carbocycles. The monoisotopic (exact) mass is 379 g/mol. The Balaban J connectivity index is 1.76. The molecule has 3 rings (SSSR count). The summed E-state index contributed by atoms with van der Waals surface area (Å²) < 4.78 is 25.4. The summed E-state index contributed by atoms with van der Waals surface area (Å²) in [6.45, 7) is 2.02. The summed E-state index contributed by atoms with van der Waals surface area (Å²) in [6.07, 6.45) is 1.56. The summed E-state index contributed by atoms with van der Waals surface area (Å²) in [4.78, 5) is 10.8. The van der Waals surface area contributed by atoms with E-state index >= 15 is 0 Å². The highest BCUT2D eigenvalue weighted by Crippen LogP contribution is 2.35. The van der Waals surface area contributed by atoms with Crippen molar-refractivity contribution in [1.82, 2.24) is 14.7 Å². The Bertz CT molecular complexity index is 924. The van der Waals surface area contributed by atoms with Crippen molar-refractivity contribution in [2.75, 3.05) is 18.1 Å². The van der Waals surface area contributed by atoms with Crippen molar-refractivity contribution in [2.24, 2.45) is 0 Å². The number of thioether (sulfide) groups is 1. The summed E-state index contributed by atoms with van der Waals surface area (Å²) in [6, 6.07) is 12.3. The fourth-order valence-corrected chi connectivity index (χ4v) is 4.79. The molecule has 1 aromatic carbocycles. The molecule has 0 spiro atoms. The Morgan fingerprint density at radius 3 is 2.75 bits per heavy atom. The molecule has 3 aromatic rings. The molecular weight excluding hydrogens is 362 g/mol. The van der Waals surface area contributed by atoms with Crippen LogP contribution in [0, 0.1) is 0 Å². The van der Waals surface area contributed by atoms with Gasteiger partial charge in [0.05, 0.1) is 5.75 Å². The number of nitrogens with zero attached hydrogens (tertiary/aromatic N) is 2. The molecular formula is C16H17N3O2S3. The lowest BCUT2D eigenvalue weighted by Crippen LogP contribution is -2.27. The summed E-state index contributed by atoms with van der Waals surface area (Å²) in [5.74, 6) is 0.724. The molecule has 0 bridgehead atoms. The SMILES string of the molecule is CCS(=O)(=O)NCCSc1ncnc2sc(-c3ccccc3)cc12. The van der Waals surface area contributed by atoms with Gasteiger partial charge in [-0.3, -0.25) is 0 Å². The fraction of sp³-hybridized carbons (Fsp3) is 0.250. The van der Waals surface area contributed by atoms with Crippen LogP contribution in [-0.4, -0.2) is 36.4 Å². The number of nitrogens with one attached hydrogen (secondary N) is 1. The highest BCUT2D eigenvalue weighted by molar-refractivity contribution is 7.99. The van der Waals surface area contributed by atoms with E-state index in [4.69, 9.17) is 0 Å². The smallest absolute Gasteiger partial charge is 0.211 e. The number of rotatable bonds is 7. The van der Waals surface area contributed by atoms with E-state index in [1.165, 1.54) is 11.8 Å². The van der Waals surface area contributed by atoms with Crippen LogP contribution in [0.4, 0.5) is 0 Å². The van der Waals surface area contributed by atoms with Gasteiger partial charge in [-0.1, -0.05) is 30.3 Å².